The molecule has 32 heavy (non-hydrogen) atoms. The average molecular weight is 443 g/mol. The predicted octanol–water partition coefficient (Wildman–Crippen LogP) is 3.60. The third kappa shape index (κ3) is 3.18. The molecule has 0 saturated heterocycles. The number of carbonyl (C=O) groups is 1. The maximum absolute atomic E-state index is 11.2. The number of hydrogen-bond acceptors (Lipinski definition) is 5. The summed E-state index contributed by atoms with van der Waals surface area (Å²) in [6.45, 7) is 5.81. The number of furan rings is 1. The van der Waals surface area contributed by atoms with Gasteiger partial charge in [-0.1, -0.05) is 24.2 Å². The predicted molar refractivity (Wildman–Crippen MR) is 120 cm³/mol. The Kier molecular flexibility index (Phi) is 4.98. The lowest BCUT2D eigenvalue weighted by Gasteiger charge is -2.10. The molecule has 1 aliphatic heterocycles. The second-order valence-corrected chi connectivity index (χ2v) is 7.53. The second-order valence-electron chi connectivity index (χ2n) is 7.13. The normalized spacial score (nSPS) is 11.4. The topological polar surface area (TPSA) is 140 Å². The van der Waals surface area contributed by atoms with Crippen LogP contribution in [0.4, 0.5) is 5.82 Å². The second kappa shape index (κ2) is 7.66. The van der Waals surface area contributed by atoms with Crippen LogP contribution in [0, 0.1) is 29.6 Å². The minimum Gasteiger partial charge on any atom is -0.478 e. The molecular weight excluding hydrogens is 428 g/mol. The Morgan fingerprint density at radius 3 is 2.59 bits per heavy atom. The summed E-state index contributed by atoms with van der Waals surface area (Å²) < 4.78 is 5.92. The Labute approximate surface area is 187 Å². The highest BCUT2D eigenvalue weighted by Crippen LogP contribution is 2.30. The molecule has 0 atom stereocenters. The zero-order chi connectivity index (χ0) is 23.2. The first kappa shape index (κ1) is 20.8. The van der Waals surface area contributed by atoms with Gasteiger partial charge < -0.3 is 20.2 Å². The Balaban J connectivity index is 1.90. The van der Waals surface area contributed by atoms with Gasteiger partial charge in [0.1, 0.15) is 29.5 Å². The summed E-state index contributed by atoms with van der Waals surface area (Å²) in [4.78, 5) is 14.1. The Morgan fingerprint density at radius 2 is 1.97 bits per heavy atom. The summed E-state index contributed by atoms with van der Waals surface area (Å²) in [5, 5.41) is 29.5. The van der Waals surface area contributed by atoms with Crippen LogP contribution in [-0.4, -0.2) is 16.1 Å². The highest BCUT2D eigenvalue weighted by atomic mass is 35.5. The lowest BCUT2D eigenvalue weighted by atomic mass is 10.0. The van der Waals surface area contributed by atoms with Crippen molar-refractivity contribution in [1.29, 1.82) is 10.5 Å². The highest BCUT2D eigenvalue weighted by Gasteiger charge is 2.22. The summed E-state index contributed by atoms with van der Waals surface area (Å²) in [7, 11) is 0. The van der Waals surface area contributed by atoms with Gasteiger partial charge in [0, 0.05) is 11.1 Å². The van der Waals surface area contributed by atoms with Gasteiger partial charge in [0.2, 0.25) is 0 Å². The number of fused-ring (bicyclic) bond motifs is 1. The molecule has 2 aromatic rings. The number of pyridine rings is 1. The lowest BCUT2D eigenvalue weighted by Crippen LogP contribution is -2.21. The largest absolute Gasteiger partial charge is 0.478 e. The van der Waals surface area contributed by atoms with Gasteiger partial charge in [-0.2, -0.15) is 10.5 Å². The van der Waals surface area contributed by atoms with Gasteiger partial charge in [-0.25, -0.2) is 4.79 Å². The molecule has 8 heteroatoms. The van der Waals surface area contributed by atoms with E-state index in [1.165, 1.54) is 12.1 Å². The number of benzene rings is 1. The number of anilines is 1. The number of nitrogen functional groups attached to an aromatic ring is 1. The van der Waals surface area contributed by atoms with Crippen LogP contribution in [0.1, 0.15) is 32.8 Å². The van der Waals surface area contributed by atoms with Crippen LogP contribution < -0.4 is 16.2 Å². The number of nitriles is 2. The van der Waals surface area contributed by atoms with Gasteiger partial charge in [-0.3, -0.25) is 0 Å². The van der Waals surface area contributed by atoms with E-state index in [1.807, 2.05) is 0 Å². The zero-order valence-electron chi connectivity index (χ0n) is 16.8. The lowest BCUT2D eigenvalue weighted by molar-refractivity contribution is 0.0697. The number of carboxylic acids is 1. The molecule has 156 valence electrons. The first-order chi connectivity index (χ1) is 15.3. The van der Waals surface area contributed by atoms with Crippen molar-refractivity contribution in [2.24, 2.45) is 0 Å². The van der Waals surface area contributed by atoms with Crippen molar-refractivity contribution < 1.29 is 14.3 Å². The number of halogens is 1. The number of nitrogens with zero attached hydrogens (tertiary/aromatic N) is 2. The standard InChI is InChI=1S/C24H15ClN4O3/c1-11-16(21-12(2)18(10-27)23(28)29-22(21)17(11)9-26)8-14-4-6-20(32-14)13-3-5-15(24(30)31)19(25)7-13/h3-8,29H,1,28H2,2H3,(H,30,31)/b16-8+. The van der Waals surface area contributed by atoms with Gasteiger partial charge in [0.25, 0.3) is 0 Å². The van der Waals surface area contributed by atoms with Crippen molar-refractivity contribution in [2.45, 2.75) is 6.92 Å². The number of aromatic carboxylic acids is 1. The number of carboxylic acid groups (broad SMARTS) is 1. The van der Waals surface area contributed by atoms with E-state index in [2.05, 4.69) is 23.7 Å². The first-order valence-corrected chi connectivity index (χ1v) is 9.72. The van der Waals surface area contributed by atoms with E-state index in [0.717, 1.165) is 0 Å². The van der Waals surface area contributed by atoms with Crippen LogP contribution in [0.2, 0.25) is 5.02 Å². The van der Waals surface area contributed by atoms with Crippen molar-refractivity contribution >= 4 is 36.0 Å². The van der Waals surface area contributed by atoms with Gasteiger partial charge in [0.05, 0.1) is 27.4 Å². The quantitative estimate of drug-likeness (QED) is 0.442. The first-order valence-electron chi connectivity index (χ1n) is 9.34. The number of aromatic nitrogens is 1. The number of aromatic amines is 1. The van der Waals surface area contributed by atoms with Crippen molar-refractivity contribution in [1.82, 2.24) is 4.98 Å². The van der Waals surface area contributed by atoms with E-state index in [1.54, 1.807) is 31.2 Å². The molecule has 4 N–H and O–H groups in total. The third-order valence-corrected chi connectivity index (χ3v) is 5.61. The molecular formula is C24H15ClN4O3. The fraction of sp³-hybridized carbons (Fsp3) is 0.0417. The molecule has 1 aromatic carbocycles. The minimum absolute atomic E-state index is 0.00189. The summed E-state index contributed by atoms with van der Waals surface area (Å²) in [6.07, 6.45) is 1.74. The molecule has 0 spiro atoms. The fourth-order valence-electron chi connectivity index (χ4n) is 3.73. The van der Waals surface area contributed by atoms with Gasteiger partial charge in [-0.15, -0.1) is 0 Å². The Morgan fingerprint density at radius 1 is 1.25 bits per heavy atom. The molecule has 0 bridgehead atoms. The molecule has 4 rings (SSSR count). The summed E-state index contributed by atoms with van der Waals surface area (Å²) in [5.41, 5.74) is 9.04. The molecule has 0 fully saturated rings. The molecule has 0 unspecified atom stereocenters. The number of hydrogen-bond donors (Lipinski definition) is 3. The van der Waals surface area contributed by atoms with Crippen LogP contribution in [0.15, 0.2) is 34.7 Å². The Bertz CT molecular complexity index is 1580. The number of nitrogens with two attached hydrogens (primary N) is 1. The molecule has 0 saturated carbocycles. The summed E-state index contributed by atoms with van der Waals surface area (Å²) in [5.74, 6) is 0.0446. The van der Waals surface area contributed by atoms with E-state index < -0.39 is 5.97 Å². The van der Waals surface area contributed by atoms with Crippen LogP contribution in [0.3, 0.4) is 0 Å². The summed E-state index contributed by atoms with van der Waals surface area (Å²) in [6, 6.07) is 12.2. The molecule has 0 amide bonds. The van der Waals surface area contributed by atoms with E-state index >= 15 is 0 Å². The Hall–Kier alpha value is -4.46. The summed E-state index contributed by atoms with van der Waals surface area (Å²) >= 11 is 6.07. The number of rotatable bonds is 3. The van der Waals surface area contributed by atoms with Gasteiger partial charge in [0.15, 0.2) is 0 Å². The van der Waals surface area contributed by atoms with Crippen LogP contribution >= 0.6 is 11.6 Å². The van der Waals surface area contributed by atoms with Crippen molar-refractivity contribution in [3.8, 4) is 34.7 Å². The SMILES string of the molecule is C=c1c(C#N)c2[nH]c(N)c(C#N)c(C)c-2/c1=C/c1ccc(-c2ccc(C(=O)O)c(Cl)c2)o1. The number of nitrogens with one attached hydrogen (secondary N) is 1. The van der Waals surface area contributed by atoms with Crippen LogP contribution in [0.5, 0.6) is 0 Å². The van der Waals surface area contributed by atoms with Crippen LogP contribution in [-0.2, 0) is 0 Å². The average Bonchev–Trinajstić information content (AvgIpc) is 3.31. The van der Waals surface area contributed by atoms with E-state index in [9.17, 15) is 15.3 Å². The molecule has 0 radical (unpaired) electrons. The van der Waals surface area contributed by atoms with E-state index in [4.69, 9.17) is 26.9 Å². The molecule has 2 aliphatic rings. The van der Waals surface area contributed by atoms with E-state index in [0.29, 0.717) is 55.5 Å². The monoisotopic (exact) mass is 442 g/mol. The van der Waals surface area contributed by atoms with Gasteiger partial charge >= 0.3 is 5.97 Å². The van der Waals surface area contributed by atoms with Crippen molar-refractivity contribution in [3.05, 3.63) is 73.8 Å². The van der Waals surface area contributed by atoms with Crippen molar-refractivity contribution in [2.75, 3.05) is 5.73 Å². The maximum atomic E-state index is 11.2. The zero-order valence-corrected chi connectivity index (χ0v) is 17.5. The number of H-pyrrole nitrogens is 1. The third-order valence-electron chi connectivity index (χ3n) is 5.30. The van der Waals surface area contributed by atoms with Gasteiger partial charge in [-0.05, 0) is 53.3 Å². The highest BCUT2D eigenvalue weighted by molar-refractivity contribution is 6.33. The minimum atomic E-state index is -1.11. The van der Waals surface area contributed by atoms with E-state index in [-0.39, 0.29) is 16.4 Å². The van der Waals surface area contributed by atoms with Crippen LogP contribution in [0.25, 0.3) is 35.2 Å². The smallest absolute Gasteiger partial charge is 0.337 e. The molecule has 7 nitrogen and oxygen atoms in total. The maximum Gasteiger partial charge on any atom is 0.337 e. The van der Waals surface area contributed by atoms with Crippen molar-refractivity contribution in [3.63, 3.8) is 0 Å². The molecule has 2 heterocycles. The molecule has 1 aliphatic carbocycles. The fourth-order valence-corrected chi connectivity index (χ4v) is 3.99. The molecule has 1 aromatic heterocycles.